The van der Waals surface area contributed by atoms with E-state index in [0.29, 0.717) is 19.7 Å². The molecule has 5 heteroatoms. The monoisotopic (exact) mass is 252 g/mol. The van der Waals surface area contributed by atoms with Gasteiger partial charge in [-0.2, -0.15) is 0 Å². The summed E-state index contributed by atoms with van der Waals surface area (Å²) in [6.45, 7) is 4.74. The first-order valence-corrected chi connectivity index (χ1v) is 5.55. The van der Waals surface area contributed by atoms with Gasteiger partial charge in [0.15, 0.2) is 0 Å². The number of carbonyl (C=O) groups is 1. The molecule has 1 aromatic rings. The highest BCUT2D eigenvalue weighted by molar-refractivity contribution is 5.99. The highest BCUT2D eigenvalue weighted by Crippen LogP contribution is 2.17. The van der Waals surface area contributed by atoms with Crippen LogP contribution in [0.5, 0.6) is 0 Å². The number of nitrogens with two attached hydrogens (primary N) is 1. The Labute approximate surface area is 106 Å². The van der Waals surface area contributed by atoms with Crippen molar-refractivity contribution in [2.75, 3.05) is 32.5 Å². The summed E-state index contributed by atoms with van der Waals surface area (Å²) in [7, 11) is 1.55. The Morgan fingerprint density at radius 2 is 2.33 bits per heavy atom. The summed E-state index contributed by atoms with van der Waals surface area (Å²) < 4.78 is 18.2. The highest BCUT2D eigenvalue weighted by atomic mass is 19.1. The lowest BCUT2D eigenvalue weighted by atomic mass is 10.1. The lowest BCUT2D eigenvalue weighted by Crippen LogP contribution is -2.34. The number of nitrogen functional groups attached to an aromatic ring is 1. The van der Waals surface area contributed by atoms with Crippen molar-refractivity contribution < 1.29 is 13.9 Å². The summed E-state index contributed by atoms with van der Waals surface area (Å²) in [5.74, 6) is -0.921. The molecule has 4 nitrogen and oxygen atoms in total. The molecule has 0 aromatic heterocycles. The smallest absolute Gasteiger partial charge is 0.256 e. The van der Waals surface area contributed by atoms with Crippen LogP contribution in [0.2, 0.25) is 0 Å². The van der Waals surface area contributed by atoms with Crippen LogP contribution in [-0.4, -0.2) is 37.6 Å². The van der Waals surface area contributed by atoms with Gasteiger partial charge in [0.2, 0.25) is 0 Å². The van der Waals surface area contributed by atoms with Crippen molar-refractivity contribution in [1.82, 2.24) is 4.90 Å². The number of ether oxygens (including phenoxy) is 1. The third-order valence-electron chi connectivity index (χ3n) is 2.49. The summed E-state index contributed by atoms with van der Waals surface area (Å²) in [6.07, 6.45) is 1.60. The molecule has 0 saturated carbocycles. The summed E-state index contributed by atoms with van der Waals surface area (Å²) in [4.78, 5) is 13.7. The Hall–Kier alpha value is -1.88. The molecular formula is C13H17FN2O2. The normalized spacial score (nSPS) is 10.1. The Morgan fingerprint density at radius 1 is 1.61 bits per heavy atom. The third-order valence-corrected chi connectivity index (χ3v) is 2.49. The Balaban J connectivity index is 2.94. The van der Waals surface area contributed by atoms with Gasteiger partial charge in [0, 0.05) is 20.2 Å². The minimum atomic E-state index is -0.592. The second-order valence-electron chi connectivity index (χ2n) is 3.73. The summed E-state index contributed by atoms with van der Waals surface area (Å²) in [5.41, 5.74) is 5.60. The van der Waals surface area contributed by atoms with Gasteiger partial charge in [0.05, 0.1) is 17.9 Å². The molecule has 2 N–H and O–H groups in total. The molecule has 18 heavy (non-hydrogen) atoms. The van der Waals surface area contributed by atoms with E-state index in [4.69, 9.17) is 10.5 Å². The molecule has 0 unspecified atom stereocenters. The van der Waals surface area contributed by atoms with Crippen LogP contribution in [0.15, 0.2) is 30.9 Å². The van der Waals surface area contributed by atoms with Crippen LogP contribution in [0.1, 0.15) is 10.4 Å². The first kappa shape index (κ1) is 14.2. The maximum atomic E-state index is 13.3. The number of hydrogen-bond donors (Lipinski definition) is 1. The molecule has 1 rings (SSSR count). The zero-order valence-electron chi connectivity index (χ0n) is 10.4. The molecule has 0 spiro atoms. The highest BCUT2D eigenvalue weighted by Gasteiger charge is 2.18. The maximum absolute atomic E-state index is 13.3. The summed E-state index contributed by atoms with van der Waals surface area (Å²) in [5, 5.41) is 0. The standard InChI is InChI=1S/C13H17FN2O2/c1-3-7-16(8-9-18-2)13(17)10-5-4-6-11(14)12(10)15/h3-6H,1,7-9,15H2,2H3. The van der Waals surface area contributed by atoms with Gasteiger partial charge in [-0.1, -0.05) is 12.1 Å². The van der Waals surface area contributed by atoms with E-state index in [0.717, 1.165) is 0 Å². The number of hydrogen-bond acceptors (Lipinski definition) is 3. The van der Waals surface area contributed by atoms with Gasteiger partial charge in [0.25, 0.3) is 5.91 Å². The Bertz CT molecular complexity index is 435. The lowest BCUT2D eigenvalue weighted by Gasteiger charge is -2.21. The predicted molar refractivity (Wildman–Crippen MR) is 68.8 cm³/mol. The van der Waals surface area contributed by atoms with E-state index >= 15 is 0 Å². The minimum Gasteiger partial charge on any atom is -0.396 e. The van der Waals surface area contributed by atoms with Gasteiger partial charge in [0.1, 0.15) is 5.82 Å². The molecule has 0 aliphatic rings. The van der Waals surface area contributed by atoms with Crippen LogP contribution in [0, 0.1) is 5.82 Å². The number of nitrogens with zero attached hydrogens (tertiary/aromatic N) is 1. The molecular weight excluding hydrogens is 235 g/mol. The van der Waals surface area contributed by atoms with E-state index < -0.39 is 5.82 Å². The fourth-order valence-electron chi connectivity index (χ4n) is 1.53. The molecule has 0 aliphatic carbocycles. The van der Waals surface area contributed by atoms with Crippen molar-refractivity contribution in [3.63, 3.8) is 0 Å². The quantitative estimate of drug-likeness (QED) is 0.619. The van der Waals surface area contributed by atoms with Crippen molar-refractivity contribution >= 4 is 11.6 Å². The molecule has 0 radical (unpaired) electrons. The number of rotatable bonds is 6. The van der Waals surface area contributed by atoms with Crippen molar-refractivity contribution in [1.29, 1.82) is 0 Å². The molecule has 0 saturated heterocycles. The van der Waals surface area contributed by atoms with Crippen LogP contribution >= 0.6 is 0 Å². The molecule has 98 valence electrons. The second kappa shape index (κ2) is 6.76. The average Bonchev–Trinajstić information content (AvgIpc) is 2.37. The molecule has 0 heterocycles. The largest absolute Gasteiger partial charge is 0.396 e. The van der Waals surface area contributed by atoms with Gasteiger partial charge >= 0.3 is 0 Å². The first-order chi connectivity index (χ1) is 8.61. The van der Waals surface area contributed by atoms with E-state index in [2.05, 4.69) is 6.58 Å². The number of para-hydroxylation sites is 1. The van der Waals surface area contributed by atoms with Crippen LogP contribution in [0.3, 0.4) is 0 Å². The van der Waals surface area contributed by atoms with Crippen LogP contribution in [0.4, 0.5) is 10.1 Å². The summed E-state index contributed by atoms with van der Waals surface area (Å²) in [6, 6.07) is 4.18. The van der Waals surface area contributed by atoms with Gasteiger partial charge in [-0.15, -0.1) is 6.58 Å². The van der Waals surface area contributed by atoms with Gasteiger partial charge in [-0.25, -0.2) is 4.39 Å². The minimum absolute atomic E-state index is 0.131. The van der Waals surface area contributed by atoms with E-state index in [1.165, 1.54) is 23.1 Å². The average molecular weight is 252 g/mol. The zero-order chi connectivity index (χ0) is 13.5. The van der Waals surface area contributed by atoms with E-state index in [9.17, 15) is 9.18 Å². The maximum Gasteiger partial charge on any atom is 0.256 e. The molecule has 1 aromatic carbocycles. The Morgan fingerprint density at radius 3 is 2.94 bits per heavy atom. The topological polar surface area (TPSA) is 55.6 Å². The van der Waals surface area contributed by atoms with Gasteiger partial charge < -0.3 is 15.4 Å². The Kier molecular flexibility index (Phi) is 5.32. The SMILES string of the molecule is C=CCN(CCOC)C(=O)c1cccc(F)c1N. The van der Waals surface area contributed by atoms with E-state index in [-0.39, 0.29) is 17.2 Å². The van der Waals surface area contributed by atoms with Gasteiger partial charge in [-0.3, -0.25) is 4.79 Å². The number of halogens is 1. The predicted octanol–water partition coefficient (Wildman–Crippen LogP) is 1.68. The second-order valence-corrected chi connectivity index (χ2v) is 3.73. The number of methoxy groups -OCH3 is 1. The molecule has 0 aliphatic heterocycles. The fraction of sp³-hybridized carbons (Fsp3) is 0.308. The van der Waals surface area contributed by atoms with Crippen molar-refractivity contribution in [3.8, 4) is 0 Å². The molecule has 1 amide bonds. The van der Waals surface area contributed by atoms with E-state index in [1.807, 2.05) is 0 Å². The van der Waals surface area contributed by atoms with Crippen molar-refractivity contribution in [2.45, 2.75) is 0 Å². The van der Waals surface area contributed by atoms with Crippen LogP contribution in [-0.2, 0) is 4.74 Å². The third kappa shape index (κ3) is 3.30. The number of anilines is 1. The summed E-state index contributed by atoms with van der Waals surface area (Å²) >= 11 is 0. The van der Waals surface area contributed by atoms with Crippen LogP contribution < -0.4 is 5.73 Å². The van der Waals surface area contributed by atoms with Crippen LogP contribution in [0.25, 0.3) is 0 Å². The molecule has 0 atom stereocenters. The molecule has 0 bridgehead atoms. The number of benzene rings is 1. The fourth-order valence-corrected chi connectivity index (χ4v) is 1.53. The van der Waals surface area contributed by atoms with Gasteiger partial charge in [-0.05, 0) is 12.1 Å². The molecule has 0 fully saturated rings. The van der Waals surface area contributed by atoms with E-state index in [1.54, 1.807) is 13.2 Å². The number of carbonyl (C=O) groups excluding carboxylic acids is 1. The first-order valence-electron chi connectivity index (χ1n) is 5.55. The van der Waals surface area contributed by atoms with Crippen molar-refractivity contribution in [2.24, 2.45) is 0 Å². The van der Waals surface area contributed by atoms with Crippen molar-refractivity contribution in [3.05, 3.63) is 42.2 Å². The number of amides is 1. The zero-order valence-corrected chi connectivity index (χ0v) is 10.4. The lowest BCUT2D eigenvalue weighted by molar-refractivity contribution is 0.0719.